The average molecular weight is 579 g/mol. The summed E-state index contributed by atoms with van der Waals surface area (Å²) < 4.78 is 3.67. The largest absolute Gasteiger partial charge is 1.00 e. The Labute approximate surface area is 223 Å². The van der Waals surface area contributed by atoms with Crippen molar-refractivity contribution in [2.24, 2.45) is 0 Å². The van der Waals surface area contributed by atoms with Gasteiger partial charge in [0.25, 0.3) is 0 Å². The number of halogens is 2. The minimum atomic E-state index is -2.00. The van der Waals surface area contributed by atoms with Gasteiger partial charge in [0.2, 0.25) is 0 Å². The van der Waals surface area contributed by atoms with Crippen LogP contribution in [0.15, 0.2) is 83.9 Å². The van der Waals surface area contributed by atoms with Gasteiger partial charge in [0.15, 0.2) is 0 Å². The summed E-state index contributed by atoms with van der Waals surface area (Å²) in [5.41, 5.74) is 9.73. The topological polar surface area (TPSA) is 0 Å². The molecular formula is C30H28Cl2SiZr. The molecule has 0 aromatic heterocycles. The number of hydrogen-bond donors (Lipinski definition) is 0. The van der Waals surface area contributed by atoms with Crippen molar-refractivity contribution in [2.75, 3.05) is 0 Å². The second-order valence-electron chi connectivity index (χ2n) is 9.32. The van der Waals surface area contributed by atoms with Gasteiger partial charge >= 0.3 is 200 Å². The molecule has 0 bridgehead atoms. The molecule has 0 N–H and O–H groups in total. The molecule has 0 atom stereocenters. The molecule has 170 valence electrons. The molecule has 0 saturated heterocycles. The average Bonchev–Trinajstić information content (AvgIpc) is 3.33. The van der Waals surface area contributed by atoms with Crippen LogP contribution in [-0.2, 0) is 33.2 Å². The van der Waals surface area contributed by atoms with Crippen molar-refractivity contribution in [1.29, 1.82) is 0 Å². The van der Waals surface area contributed by atoms with Gasteiger partial charge in [0, 0.05) is 0 Å². The van der Waals surface area contributed by atoms with E-state index in [1.165, 1.54) is 27.6 Å². The van der Waals surface area contributed by atoms with Gasteiger partial charge in [-0.15, -0.1) is 0 Å². The second-order valence-corrected chi connectivity index (χ2v) is 21.5. The van der Waals surface area contributed by atoms with Gasteiger partial charge in [0.1, 0.15) is 0 Å². The van der Waals surface area contributed by atoms with E-state index in [1.807, 2.05) is 6.56 Å². The van der Waals surface area contributed by atoms with Crippen LogP contribution in [0.5, 0.6) is 0 Å². The minimum Gasteiger partial charge on any atom is -1.00 e. The first-order chi connectivity index (χ1) is 15.7. The van der Waals surface area contributed by atoms with Crippen LogP contribution in [-0.4, -0.2) is 6.16 Å². The van der Waals surface area contributed by atoms with Crippen LogP contribution in [0.2, 0.25) is 6.04 Å². The second kappa shape index (κ2) is 10.3. The van der Waals surface area contributed by atoms with Gasteiger partial charge in [-0.3, -0.25) is 0 Å². The maximum atomic E-state index is 2.46. The molecule has 0 saturated carbocycles. The third kappa shape index (κ3) is 4.01. The van der Waals surface area contributed by atoms with Gasteiger partial charge in [-0.1, -0.05) is 0 Å². The van der Waals surface area contributed by atoms with Gasteiger partial charge in [-0.2, -0.15) is 0 Å². The van der Waals surface area contributed by atoms with E-state index in [0.717, 1.165) is 12.8 Å². The summed E-state index contributed by atoms with van der Waals surface area (Å²) >= 11 is -2.00. The predicted molar refractivity (Wildman–Crippen MR) is 138 cm³/mol. The molecular weight excluding hydrogens is 551 g/mol. The van der Waals surface area contributed by atoms with Crippen LogP contribution < -0.4 is 24.8 Å². The van der Waals surface area contributed by atoms with Crippen molar-refractivity contribution in [1.82, 2.24) is 0 Å². The molecule has 0 amide bonds. The zero-order chi connectivity index (χ0) is 21.8. The molecule has 4 heteroatoms. The zero-order valence-corrected chi connectivity index (χ0v) is 25.0. The summed E-state index contributed by atoms with van der Waals surface area (Å²) in [5.74, 6) is 0. The van der Waals surface area contributed by atoms with Crippen LogP contribution in [0.1, 0.15) is 43.0 Å². The van der Waals surface area contributed by atoms with Gasteiger partial charge in [0.05, 0.1) is 0 Å². The van der Waals surface area contributed by atoms with E-state index in [-0.39, 0.29) is 24.8 Å². The van der Waals surface area contributed by atoms with Gasteiger partial charge < -0.3 is 24.8 Å². The molecule has 0 fully saturated rings. The number of hydrogen-bond acceptors (Lipinski definition) is 0. The maximum absolute atomic E-state index is 2.46. The van der Waals surface area contributed by atoms with Crippen LogP contribution in [0.4, 0.5) is 0 Å². The molecule has 4 aromatic rings. The first-order valence-electron chi connectivity index (χ1n) is 11.8. The van der Waals surface area contributed by atoms with Crippen LogP contribution in [0.3, 0.4) is 0 Å². The normalized spacial score (nSPS) is 13.8. The molecule has 0 heterocycles. The molecule has 6 rings (SSSR count). The van der Waals surface area contributed by atoms with Crippen molar-refractivity contribution in [2.45, 2.75) is 39.7 Å². The third-order valence-electron chi connectivity index (χ3n) is 7.30. The number of benzene rings is 4. The summed E-state index contributed by atoms with van der Waals surface area (Å²) in [6.45, 7) is 7.30. The molecule has 34 heavy (non-hydrogen) atoms. The molecule has 0 unspecified atom stereocenters. The van der Waals surface area contributed by atoms with Crippen molar-refractivity contribution in [3.8, 4) is 0 Å². The number of rotatable bonds is 3. The van der Waals surface area contributed by atoms with Gasteiger partial charge in [-0.05, 0) is 0 Å². The molecule has 0 aliphatic heterocycles. The fourth-order valence-electron chi connectivity index (χ4n) is 5.97. The van der Waals surface area contributed by atoms with Crippen LogP contribution in [0.25, 0.3) is 28.1 Å². The standard InChI is InChI=1S/2C14H11.C2H6Si.2ClH.Zr/c2*1-10-8-12-7-6-11-4-2-3-5-13(11)14(12)9-10;1-2-3;;;/h2*2-7H,9H2,1H3;3H,2H2,1H3;2*1H;/q;;;;;+2/p-2. The van der Waals surface area contributed by atoms with Crippen LogP contribution in [0, 0.1) is 0 Å². The molecule has 0 spiro atoms. The molecule has 2 aliphatic carbocycles. The fourth-order valence-corrected chi connectivity index (χ4v) is 23.5. The van der Waals surface area contributed by atoms with E-state index < -0.39 is 20.4 Å². The predicted octanol–water partition coefficient (Wildman–Crippen LogP) is 1.68. The zero-order valence-electron chi connectivity index (χ0n) is 19.9. The van der Waals surface area contributed by atoms with Crippen LogP contribution >= 0.6 is 0 Å². The monoisotopic (exact) mass is 576 g/mol. The first-order valence-corrected chi connectivity index (χ1v) is 19.9. The maximum Gasteiger partial charge on any atom is -1.00 e. The Morgan fingerprint density at radius 3 is 1.53 bits per heavy atom. The van der Waals surface area contributed by atoms with E-state index in [2.05, 4.69) is 93.6 Å². The smallest absolute Gasteiger partial charge is 1.00 e. The molecule has 0 nitrogen and oxygen atoms in total. The summed E-state index contributed by atoms with van der Waals surface area (Å²) in [6, 6.07) is 29.0. The fraction of sp³-hybridized carbons (Fsp3) is 0.200. The third-order valence-corrected chi connectivity index (χ3v) is 23.6. The SMILES string of the molecule is CC[SiH]=[Zr+2]([C]1=C(C)Cc2c1ccc1ccccc21)[C]1=C(C)Cc2c1ccc1ccccc21.[Cl-].[Cl-]. The summed E-state index contributed by atoms with van der Waals surface area (Å²) in [7, 11) is 0. The van der Waals surface area contributed by atoms with Gasteiger partial charge in [-0.25, -0.2) is 0 Å². The van der Waals surface area contributed by atoms with E-state index in [4.69, 9.17) is 0 Å². The minimum absolute atomic E-state index is 0. The Bertz CT molecular complexity index is 1420. The quantitative estimate of drug-likeness (QED) is 0.325. The number of allylic oxidation sites excluding steroid dienone is 2. The summed E-state index contributed by atoms with van der Waals surface area (Å²) in [5, 5.41) is 5.72. The Balaban J connectivity index is 0.00000137. The Hall–Kier alpha value is -1.44. The summed E-state index contributed by atoms with van der Waals surface area (Å²) in [4.78, 5) is 0. The van der Waals surface area contributed by atoms with Crippen molar-refractivity contribution in [3.63, 3.8) is 0 Å². The molecule has 2 aliphatic rings. The van der Waals surface area contributed by atoms with E-state index in [1.54, 1.807) is 33.4 Å². The van der Waals surface area contributed by atoms with Crippen molar-refractivity contribution < 1.29 is 45.2 Å². The van der Waals surface area contributed by atoms with Crippen molar-refractivity contribution in [3.05, 3.63) is 106 Å². The van der Waals surface area contributed by atoms with E-state index in [9.17, 15) is 0 Å². The molecule has 4 aromatic carbocycles. The Kier molecular flexibility index (Phi) is 7.75. The summed E-state index contributed by atoms with van der Waals surface area (Å²) in [6.07, 6.45) is 2.81. The first kappa shape index (κ1) is 25.6. The van der Waals surface area contributed by atoms with E-state index >= 15 is 0 Å². The van der Waals surface area contributed by atoms with E-state index in [0.29, 0.717) is 6.16 Å². The Morgan fingerprint density at radius 1 is 0.647 bits per heavy atom. The number of fused-ring (bicyclic) bond motifs is 6. The van der Waals surface area contributed by atoms with Crippen molar-refractivity contribution >= 4 is 34.3 Å². The molecule has 0 radical (unpaired) electrons. The Morgan fingerprint density at radius 2 is 1.09 bits per heavy atom.